The smallest absolute Gasteiger partial charge is 0.373 e. The topological polar surface area (TPSA) is 130 Å². The first-order valence-corrected chi connectivity index (χ1v) is 11.0. The van der Waals surface area contributed by atoms with Crippen LogP contribution in [0.5, 0.6) is 0 Å². The van der Waals surface area contributed by atoms with Crippen LogP contribution in [-0.4, -0.2) is 89.9 Å². The summed E-state index contributed by atoms with van der Waals surface area (Å²) in [5, 5.41) is 13.7. The molecule has 36 heavy (non-hydrogen) atoms. The van der Waals surface area contributed by atoms with E-state index in [0.717, 1.165) is 0 Å². The molecule has 0 spiro atoms. The van der Waals surface area contributed by atoms with Crippen LogP contribution >= 0.6 is 0 Å². The molecular formula is C22H21F4N7O3. The largest absolute Gasteiger partial charge is 0.426 e. The minimum absolute atomic E-state index is 0.0892. The quantitative estimate of drug-likeness (QED) is 0.510. The van der Waals surface area contributed by atoms with Crippen molar-refractivity contribution in [3.63, 3.8) is 0 Å². The first kappa shape index (κ1) is 23.9. The van der Waals surface area contributed by atoms with Gasteiger partial charge in [-0.3, -0.25) is 14.6 Å². The molecular weight excluding hydrogens is 486 g/mol. The van der Waals surface area contributed by atoms with Gasteiger partial charge in [0, 0.05) is 37.5 Å². The molecule has 2 amide bonds. The summed E-state index contributed by atoms with van der Waals surface area (Å²) in [5.41, 5.74) is 4.47. The molecule has 190 valence electrons. The maximum absolute atomic E-state index is 14.9. The van der Waals surface area contributed by atoms with Gasteiger partial charge in [0.1, 0.15) is 6.17 Å². The molecule has 0 aliphatic carbocycles. The van der Waals surface area contributed by atoms with Crippen molar-refractivity contribution < 1.29 is 32.3 Å². The van der Waals surface area contributed by atoms with Gasteiger partial charge in [0.2, 0.25) is 11.5 Å². The molecule has 14 heteroatoms. The highest BCUT2D eigenvalue weighted by atomic mass is 19.4. The number of alkyl halides is 4. The van der Waals surface area contributed by atoms with Crippen molar-refractivity contribution in [2.24, 2.45) is 0 Å². The number of likely N-dealkylation sites (tertiary alicyclic amines) is 1. The van der Waals surface area contributed by atoms with E-state index >= 15 is 0 Å². The second-order valence-electron chi connectivity index (χ2n) is 9.02. The van der Waals surface area contributed by atoms with Crippen LogP contribution in [-0.2, 0) is 11.2 Å². The number of amides is 2. The SMILES string of the molecule is CC(O)(C(=O)N1CC(F)C(N2CCc3ncc(-c4ccn5nc(N)nc5c4)cc3C2=O)C1)C(F)(F)F. The van der Waals surface area contributed by atoms with Gasteiger partial charge in [-0.1, -0.05) is 0 Å². The van der Waals surface area contributed by atoms with Gasteiger partial charge in [-0.15, -0.1) is 5.10 Å². The number of hydrogen-bond acceptors (Lipinski definition) is 7. The molecule has 0 aromatic carbocycles. The average molecular weight is 507 g/mol. The van der Waals surface area contributed by atoms with Gasteiger partial charge in [0.05, 0.1) is 23.8 Å². The van der Waals surface area contributed by atoms with Gasteiger partial charge < -0.3 is 20.6 Å². The monoisotopic (exact) mass is 507 g/mol. The number of pyridine rings is 2. The molecule has 0 bridgehead atoms. The number of carbonyl (C=O) groups excluding carboxylic acids is 2. The molecule has 3 aromatic rings. The van der Waals surface area contributed by atoms with Crippen LogP contribution in [0.15, 0.2) is 30.6 Å². The van der Waals surface area contributed by atoms with Gasteiger partial charge in [-0.25, -0.2) is 8.91 Å². The summed E-state index contributed by atoms with van der Waals surface area (Å²) in [6.45, 7) is -0.708. The lowest BCUT2D eigenvalue weighted by atomic mass is 9.98. The number of nitrogens with zero attached hydrogens (tertiary/aromatic N) is 6. The number of nitrogen functional groups attached to an aromatic ring is 1. The van der Waals surface area contributed by atoms with Gasteiger partial charge in [-0.05, 0) is 30.7 Å². The molecule has 0 radical (unpaired) electrons. The van der Waals surface area contributed by atoms with Crippen molar-refractivity contribution in [2.45, 2.75) is 37.3 Å². The summed E-state index contributed by atoms with van der Waals surface area (Å²) < 4.78 is 55.7. The summed E-state index contributed by atoms with van der Waals surface area (Å²) in [6, 6.07) is 3.91. The summed E-state index contributed by atoms with van der Waals surface area (Å²) in [7, 11) is 0. The molecule has 3 N–H and O–H groups in total. The molecule has 3 unspecified atom stereocenters. The molecule has 0 saturated carbocycles. The highest BCUT2D eigenvalue weighted by Crippen LogP contribution is 2.34. The lowest BCUT2D eigenvalue weighted by Crippen LogP contribution is -2.56. The summed E-state index contributed by atoms with van der Waals surface area (Å²) in [4.78, 5) is 36.0. The maximum atomic E-state index is 14.9. The Balaban J connectivity index is 1.39. The van der Waals surface area contributed by atoms with Crippen molar-refractivity contribution >= 4 is 23.4 Å². The fourth-order valence-corrected chi connectivity index (χ4v) is 4.55. The minimum atomic E-state index is -5.23. The van der Waals surface area contributed by atoms with E-state index in [0.29, 0.717) is 40.7 Å². The number of hydrogen-bond donors (Lipinski definition) is 2. The van der Waals surface area contributed by atoms with Crippen LogP contribution in [0.25, 0.3) is 16.8 Å². The Bertz CT molecular complexity index is 1370. The van der Waals surface area contributed by atoms with Crippen molar-refractivity contribution in [3.8, 4) is 11.1 Å². The molecule has 5 heterocycles. The van der Waals surface area contributed by atoms with E-state index < -0.39 is 48.9 Å². The summed E-state index contributed by atoms with van der Waals surface area (Å²) in [6.07, 6.45) is -3.45. The predicted molar refractivity (Wildman–Crippen MR) is 117 cm³/mol. The van der Waals surface area contributed by atoms with E-state index in [1.54, 1.807) is 30.6 Å². The highest BCUT2D eigenvalue weighted by molar-refractivity contribution is 5.98. The third-order valence-corrected chi connectivity index (χ3v) is 6.61. The lowest BCUT2D eigenvalue weighted by Gasteiger charge is -2.34. The third kappa shape index (κ3) is 3.81. The molecule has 10 nitrogen and oxygen atoms in total. The van der Waals surface area contributed by atoms with Crippen molar-refractivity contribution in [1.29, 1.82) is 0 Å². The Kier molecular flexibility index (Phi) is 5.39. The average Bonchev–Trinajstić information content (AvgIpc) is 3.38. The summed E-state index contributed by atoms with van der Waals surface area (Å²) in [5.74, 6) is -2.09. The Hall–Kier alpha value is -3.81. The predicted octanol–water partition coefficient (Wildman–Crippen LogP) is 1.23. The minimum Gasteiger partial charge on any atom is -0.373 e. The zero-order valence-electron chi connectivity index (χ0n) is 18.9. The van der Waals surface area contributed by atoms with Crippen LogP contribution in [0.1, 0.15) is 23.0 Å². The third-order valence-electron chi connectivity index (χ3n) is 6.61. The van der Waals surface area contributed by atoms with Gasteiger partial charge in [0.25, 0.3) is 11.8 Å². The van der Waals surface area contributed by atoms with Crippen LogP contribution in [0, 0.1) is 0 Å². The Labute approximate surface area is 201 Å². The van der Waals surface area contributed by atoms with Gasteiger partial charge >= 0.3 is 6.18 Å². The van der Waals surface area contributed by atoms with Crippen LogP contribution in [0.4, 0.5) is 23.5 Å². The molecule has 2 aliphatic heterocycles. The number of aliphatic hydroxyl groups is 1. The lowest BCUT2D eigenvalue weighted by molar-refractivity contribution is -0.249. The molecule has 1 saturated heterocycles. The zero-order chi connectivity index (χ0) is 26.0. The van der Waals surface area contributed by atoms with Crippen LogP contribution < -0.4 is 5.73 Å². The fraction of sp³-hybridized carbons (Fsp3) is 0.409. The number of aromatic nitrogens is 4. The molecule has 3 aromatic heterocycles. The zero-order valence-corrected chi connectivity index (χ0v) is 18.9. The number of nitrogens with two attached hydrogens (primary N) is 1. The van der Waals surface area contributed by atoms with E-state index in [1.165, 1.54) is 9.42 Å². The molecule has 2 aliphatic rings. The van der Waals surface area contributed by atoms with E-state index in [2.05, 4.69) is 15.1 Å². The Morgan fingerprint density at radius 3 is 2.69 bits per heavy atom. The van der Waals surface area contributed by atoms with Gasteiger partial charge in [-0.2, -0.15) is 18.2 Å². The normalized spacial score (nSPS) is 22.1. The van der Waals surface area contributed by atoms with Gasteiger partial charge in [0.15, 0.2) is 5.65 Å². The Morgan fingerprint density at radius 1 is 1.22 bits per heavy atom. The standard InChI is InChI=1S/C22H21F4N7O3/c1-21(36,22(24,25)26)19(35)31-9-14(23)16(10-31)32-4-3-15-13(18(32)34)6-12(8-28-15)11-2-5-33-17(7-11)29-20(27)30-33/h2,5-8,14,16,36H,3-4,9-10H2,1H3,(H2,27,30). The van der Waals surface area contributed by atoms with E-state index in [-0.39, 0.29) is 18.1 Å². The number of anilines is 1. The summed E-state index contributed by atoms with van der Waals surface area (Å²) >= 11 is 0. The van der Waals surface area contributed by atoms with Crippen LogP contribution in [0.2, 0.25) is 0 Å². The molecule has 3 atom stereocenters. The van der Waals surface area contributed by atoms with Crippen molar-refractivity contribution in [1.82, 2.24) is 29.4 Å². The first-order valence-electron chi connectivity index (χ1n) is 11.0. The maximum Gasteiger partial charge on any atom is 0.426 e. The highest BCUT2D eigenvalue weighted by Gasteiger charge is 2.58. The second kappa shape index (κ2) is 8.11. The van der Waals surface area contributed by atoms with Crippen molar-refractivity contribution in [2.75, 3.05) is 25.4 Å². The Morgan fingerprint density at radius 2 is 1.97 bits per heavy atom. The molecule has 5 rings (SSSR count). The van der Waals surface area contributed by atoms with E-state index in [9.17, 15) is 32.3 Å². The second-order valence-corrected chi connectivity index (χ2v) is 9.02. The van der Waals surface area contributed by atoms with Crippen LogP contribution in [0.3, 0.4) is 0 Å². The first-order chi connectivity index (χ1) is 16.9. The number of carbonyl (C=O) groups is 2. The molecule has 1 fully saturated rings. The number of rotatable bonds is 3. The van der Waals surface area contributed by atoms with E-state index in [1.807, 2.05) is 0 Å². The fourth-order valence-electron chi connectivity index (χ4n) is 4.55. The van der Waals surface area contributed by atoms with E-state index in [4.69, 9.17) is 5.73 Å². The van der Waals surface area contributed by atoms with Crippen molar-refractivity contribution in [3.05, 3.63) is 41.9 Å². The number of fused-ring (bicyclic) bond motifs is 2. The number of halogens is 4.